The van der Waals surface area contributed by atoms with E-state index in [9.17, 15) is 57.8 Å². The first-order valence-corrected chi connectivity index (χ1v) is 20.3. The molecule has 0 spiro atoms. The Morgan fingerprint density at radius 3 is 1.17 bits per heavy atom. The van der Waals surface area contributed by atoms with Crippen molar-refractivity contribution in [2.75, 3.05) is 88.4 Å². The third kappa shape index (κ3) is 11.9. The molecule has 30 nitrogen and oxygen atoms in total. The summed E-state index contributed by atoms with van der Waals surface area (Å²) >= 11 is 0. The van der Waals surface area contributed by atoms with Gasteiger partial charge in [0.05, 0.1) is 65.8 Å². The van der Waals surface area contributed by atoms with Gasteiger partial charge in [-0.25, -0.2) is 65.8 Å². The van der Waals surface area contributed by atoms with Gasteiger partial charge >= 0.3 is 64.1 Å². The van der Waals surface area contributed by atoms with Crippen LogP contribution in [-0.2, 0) is 86.8 Å². The largest absolute Gasteiger partial charge is 0.469 e. The second-order valence-corrected chi connectivity index (χ2v) is 14.2. The number of aliphatic hydroxyl groups is 2. The molecule has 0 radical (unpaired) electrons. The number of hydrogen-bond donors (Lipinski definition) is 2. The van der Waals surface area contributed by atoms with Crippen molar-refractivity contribution in [1.29, 1.82) is 0 Å². The zero-order valence-electron chi connectivity index (χ0n) is 36.8. The van der Waals surface area contributed by atoms with E-state index in [4.69, 9.17) is 33.5 Å². The standard InChI is InChI=1S/C36H54N10O20/c1-60-20-43-27-28(45(22-62-3)35(43)58)46(36(59)44(27)21-61-2)23-64-18-13-41-32(55)40(12-16-48)33(56)42(34(41)57)14-19-66-26(51)8-11-39-30(53)37(9-6-24(49)63-4)29(52)38(31(39)54)10-7-25(50)65-17-5-15-47/h27-28,47-48H,5-23H2,1-4H3. The SMILES string of the molecule is COCN1C(=O)N(COC)C2C1N(COC)C(=O)N2COCCn1c(=O)n(CCO)c(=O)n(CCOC(=O)CCn2c(=O)n(CCC(=O)OC)c(=O)n(CCC(=O)OCCCO)c2=O)c1=O. The summed E-state index contributed by atoms with van der Waals surface area (Å²) in [4.78, 5) is 148. The first-order chi connectivity index (χ1) is 31.6. The molecule has 368 valence electrons. The highest BCUT2D eigenvalue weighted by Crippen LogP contribution is 2.34. The van der Waals surface area contributed by atoms with Crippen LogP contribution in [0, 0.1) is 0 Å². The predicted octanol–water partition coefficient (Wildman–Crippen LogP) is -5.93. The number of urea groups is 2. The minimum atomic E-state index is -1.20. The van der Waals surface area contributed by atoms with Crippen LogP contribution in [0.2, 0.25) is 0 Å². The number of carbonyl (C=O) groups excluding carboxylic acids is 5. The third-order valence-corrected chi connectivity index (χ3v) is 10.1. The average Bonchev–Trinajstić information content (AvgIpc) is 3.70. The summed E-state index contributed by atoms with van der Waals surface area (Å²) in [7, 11) is 5.17. The van der Waals surface area contributed by atoms with Crippen LogP contribution in [0.4, 0.5) is 9.59 Å². The molecule has 30 heteroatoms. The van der Waals surface area contributed by atoms with Crippen LogP contribution in [0.25, 0.3) is 0 Å². The number of esters is 3. The van der Waals surface area contributed by atoms with E-state index in [1.54, 1.807) is 0 Å². The molecule has 66 heavy (non-hydrogen) atoms. The molecule has 2 atom stereocenters. The van der Waals surface area contributed by atoms with Crippen molar-refractivity contribution in [3.05, 3.63) is 62.9 Å². The first-order valence-electron chi connectivity index (χ1n) is 20.3. The van der Waals surface area contributed by atoms with Crippen molar-refractivity contribution in [1.82, 2.24) is 47.0 Å². The van der Waals surface area contributed by atoms with Crippen LogP contribution < -0.4 is 34.1 Å². The maximum atomic E-state index is 13.5. The molecule has 4 rings (SSSR count). The maximum Gasteiger partial charge on any atom is 0.336 e. The lowest BCUT2D eigenvalue weighted by Gasteiger charge is -2.28. The molecule has 4 amide bonds. The molecule has 2 aliphatic rings. The fraction of sp³-hybridized carbons (Fsp3) is 0.694. The van der Waals surface area contributed by atoms with Crippen molar-refractivity contribution < 1.29 is 67.3 Å². The van der Waals surface area contributed by atoms with Gasteiger partial charge in [0.1, 0.15) is 33.5 Å². The summed E-state index contributed by atoms with van der Waals surface area (Å²) < 4.78 is 39.3. The molecule has 0 aromatic carbocycles. The van der Waals surface area contributed by atoms with E-state index in [1.807, 2.05) is 0 Å². The number of ether oxygens (including phenoxy) is 7. The summed E-state index contributed by atoms with van der Waals surface area (Å²) in [6.07, 6.45) is -3.25. The van der Waals surface area contributed by atoms with Crippen LogP contribution in [0.3, 0.4) is 0 Å². The molecule has 2 saturated heterocycles. The van der Waals surface area contributed by atoms with Crippen LogP contribution >= 0.6 is 0 Å². The monoisotopic (exact) mass is 946 g/mol. The van der Waals surface area contributed by atoms with Crippen molar-refractivity contribution in [2.45, 2.75) is 77.3 Å². The Labute approximate surface area is 372 Å². The van der Waals surface area contributed by atoms with Crippen molar-refractivity contribution >= 4 is 30.0 Å². The normalized spacial score (nSPS) is 15.8. The zero-order chi connectivity index (χ0) is 48.7. The fourth-order valence-electron chi connectivity index (χ4n) is 7.00. The van der Waals surface area contributed by atoms with E-state index < -0.39 is 162 Å². The van der Waals surface area contributed by atoms with E-state index in [-0.39, 0.29) is 39.8 Å². The Hall–Kier alpha value is -6.47. The van der Waals surface area contributed by atoms with Gasteiger partial charge in [0.25, 0.3) is 0 Å². The van der Waals surface area contributed by atoms with Crippen molar-refractivity contribution in [3.63, 3.8) is 0 Å². The summed E-state index contributed by atoms with van der Waals surface area (Å²) in [5.74, 6) is -2.65. The molecule has 0 bridgehead atoms. The molecule has 2 unspecified atom stereocenters. The molecule has 4 heterocycles. The highest BCUT2D eigenvalue weighted by atomic mass is 16.5. The quantitative estimate of drug-likeness (QED) is 0.0456. The van der Waals surface area contributed by atoms with E-state index in [0.717, 1.165) is 7.11 Å². The maximum absolute atomic E-state index is 13.5. The molecule has 0 aliphatic carbocycles. The number of fused-ring (bicyclic) bond motifs is 1. The van der Waals surface area contributed by atoms with Gasteiger partial charge in [-0.3, -0.25) is 34.0 Å². The summed E-state index contributed by atoms with van der Waals surface area (Å²) in [6, 6.07) is -1.08. The van der Waals surface area contributed by atoms with Crippen molar-refractivity contribution in [3.8, 4) is 0 Å². The third-order valence-electron chi connectivity index (χ3n) is 10.1. The number of aromatic nitrogens is 6. The number of methoxy groups -OCH3 is 4. The summed E-state index contributed by atoms with van der Waals surface area (Å²) in [5, 5.41) is 18.5. The minimum Gasteiger partial charge on any atom is -0.469 e. The second-order valence-electron chi connectivity index (χ2n) is 14.2. The molecule has 2 fully saturated rings. The second kappa shape index (κ2) is 24.7. The van der Waals surface area contributed by atoms with E-state index in [2.05, 4.69) is 4.74 Å². The molecule has 2 aromatic heterocycles. The highest BCUT2D eigenvalue weighted by Gasteiger charge is 2.59. The predicted molar refractivity (Wildman–Crippen MR) is 217 cm³/mol. The Bertz CT molecular complexity index is 2420. The number of nitrogens with zero attached hydrogens (tertiary/aromatic N) is 10. The Morgan fingerprint density at radius 1 is 0.439 bits per heavy atom. The van der Waals surface area contributed by atoms with Gasteiger partial charge in [-0.05, 0) is 0 Å². The van der Waals surface area contributed by atoms with E-state index in [1.165, 1.54) is 40.9 Å². The Morgan fingerprint density at radius 2 is 0.788 bits per heavy atom. The highest BCUT2D eigenvalue weighted by molar-refractivity contribution is 5.85. The first kappa shape index (κ1) is 52.2. The van der Waals surface area contributed by atoms with Gasteiger partial charge in [-0.15, -0.1) is 0 Å². The lowest BCUT2D eigenvalue weighted by molar-refractivity contribution is -0.145. The van der Waals surface area contributed by atoms with Gasteiger partial charge in [0, 0.05) is 54.0 Å². The number of carbonyl (C=O) groups is 5. The summed E-state index contributed by atoms with van der Waals surface area (Å²) in [5.41, 5.74) is -6.94. The molecule has 2 N–H and O–H groups in total. The number of rotatable bonds is 28. The smallest absolute Gasteiger partial charge is 0.336 e. The molecular formula is C36H54N10O20. The van der Waals surface area contributed by atoms with Crippen LogP contribution in [-0.4, -0.2) is 188 Å². The van der Waals surface area contributed by atoms with Crippen LogP contribution in [0.15, 0.2) is 28.8 Å². The van der Waals surface area contributed by atoms with Gasteiger partial charge in [-0.2, -0.15) is 0 Å². The van der Waals surface area contributed by atoms with Gasteiger partial charge in [-0.1, -0.05) is 0 Å². The van der Waals surface area contributed by atoms with Gasteiger partial charge < -0.3 is 43.4 Å². The zero-order valence-corrected chi connectivity index (χ0v) is 36.8. The van der Waals surface area contributed by atoms with Gasteiger partial charge in [0.2, 0.25) is 0 Å². The number of aliphatic hydroxyl groups excluding tert-OH is 2. The number of amides is 4. The Balaban J connectivity index is 1.47. The average molecular weight is 947 g/mol. The fourth-order valence-corrected chi connectivity index (χ4v) is 7.00. The van der Waals surface area contributed by atoms with Crippen LogP contribution in [0.5, 0.6) is 0 Å². The van der Waals surface area contributed by atoms with E-state index in [0.29, 0.717) is 27.4 Å². The molecular weight excluding hydrogens is 892 g/mol. The lowest BCUT2D eigenvalue weighted by Crippen LogP contribution is -2.55. The Kier molecular flexibility index (Phi) is 19.5. The van der Waals surface area contributed by atoms with Crippen LogP contribution in [0.1, 0.15) is 25.7 Å². The minimum absolute atomic E-state index is 0.128. The molecule has 2 aromatic rings. The van der Waals surface area contributed by atoms with Gasteiger partial charge in [0.15, 0.2) is 12.3 Å². The number of hydrogen-bond acceptors (Lipinski definition) is 20. The topological polar surface area (TPSA) is 335 Å². The summed E-state index contributed by atoms with van der Waals surface area (Å²) in [6.45, 7) is -6.47. The molecule has 2 aliphatic heterocycles. The lowest BCUT2D eigenvalue weighted by atomic mass is 10.3. The van der Waals surface area contributed by atoms with E-state index >= 15 is 0 Å². The molecule has 0 saturated carbocycles. The van der Waals surface area contributed by atoms with Crippen molar-refractivity contribution in [2.24, 2.45) is 0 Å².